The summed E-state index contributed by atoms with van der Waals surface area (Å²) in [5, 5.41) is 1.73. The summed E-state index contributed by atoms with van der Waals surface area (Å²) in [6, 6.07) is 7.69. The Morgan fingerprint density at radius 2 is 1.96 bits per heavy atom. The van der Waals surface area contributed by atoms with Crippen molar-refractivity contribution in [2.75, 3.05) is 0 Å². The molecule has 4 rings (SSSR count). The van der Waals surface area contributed by atoms with Gasteiger partial charge in [0.05, 0.1) is 17.6 Å². The van der Waals surface area contributed by atoms with E-state index in [-0.39, 0.29) is 28.4 Å². The van der Waals surface area contributed by atoms with Crippen molar-refractivity contribution in [2.45, 2.75) is 11.4 Å². The van der Waals surface area contributed by atoms with Gasteiger partial charge in [-0.15, -0.1) is 11.3 Å². The van der Waals surface area contributed by atoms with Gasteiger partial charge in [0, 0.05) is 0 Å². The fourth-order valence-corrected chi connectivity index (χ4v) is 4.78. The Bertz CT molecular complexity index is 1110. The van der Waals surface area contributed by atoms with Crippen molar-refractivity contribution in [3.05, 3.63) is 57.5 Å². The van der Waals surface area contributed by atoms with E-state index in [2.05, 4.69) is 9.97 Å². The number of hydrogen-bond donors (Lipinski definition) is 1. The molecule has 0 spiro atoms. The van der Waals surface area contributed by atoms with Crippen molar-refractivity contribution >= 4 is 37.5 Å². The summed E-state index contributed by atoms with van der Waals surface area (Å²) in [7, 11) is -3.92. The fraction of sp³-hybridized carbons (Fsp3) is 0.0714. The van der Waals surface area contributed by atoms with Crippen LogP contribution in [-0.2, 0) is 16.6 Å². The summed E-state index contributed by atoms with van der Waals surface area (Å²) < 4.78 is 26.2. The number of carbonyl (C=O) groups excluding carboxylic acids is 1. The lowest BCUT2D eigenvalue weighted by atomic mass is 10.2. The molecule has 1 N–H and O–H groups in total. The lowest BCUT2D eigenvalue weighted by molar-refractivity contribution is 0.0862. The molecule has 1 amide bonds. The van der Waals surface area contributed by atoms with Crippen LogP contribution in [0.25, 0.3) is 10.2 Å². The van der Waals surface area contributed by atoms with E-state index in [1.54, 1.807) is 23.6 Å². The zero-order valence-electron chi connectivity index (χ0n) is 11.5. The summed E-state index contributed by atoms with van der Waals surface area (Å²) >= 11 is 1.25. The minimum Gasteiger partial charge on any atom is -0.308 e. The van der Waals surface area contributed by atoms with E-state index in [9.17, 15) is 18.0 Å². The van der Waals surface area contributed by atoms with Gasteiger partial charge in [0.1, 0.15) is 15.4 Å². The number of amides is 1. The molecule has 0 saturated heterocycles. The first-order valence-corrected chi connectivity index (χ1v) is 8.93. The van der Waals surface area contributed by atoms with Crippen molar-refractivity contribution < 1.29 is 13.2 Å². The molecule has 3 aromatic rings. The molecular formula is C14H9N3O4S2. The maximum Gasteiger partial charge on any atom is 0.269 e. The highest BCUT2D eigenvalue weighted by atomic mass is 32.2. The molecule has 0 atom stereocenters. The van der Waals surface area contributed by atoms with Crippen LogP contribution in [0, 0.1) is 0 Å². The Morgan fingerprint density at radius 1 is 1.17 bits per heavy atom. The van der Waals surface area contributed by atoms with Gasteiger partial charge in [0.25, 0.3) is 21.5 Å². The monoisotopic (exact) mass is 347 g/mol. The third-order valence-electron chi connectivity index (χ3n) is 3.57. The Kier molecular flexibility index (Phi) is 2.90. The highest BCUT2D eigenvalue weighted by molar-refractivity contribution is 7.90. The van der Waals surface area contributed by atoms with Crippen LogP contribution >= 0.6 is 11.3 Å². The summed E-state index contributed by atoms with van der Waals surface area (Å²) in [5.74, 6) is -0.487. The standard InChI is InChI=1S/C14H9N3O4S2/c18-13-12-9(5-6-22-12)15-11(16-13)7-17-14(19)8-3-1-2-4-10(8)23(17,20)21/h1-6H,7H2,(H,15,16,18). The zero-order chi connectivity index (χ0) is 16.2. The number of benzene rings is 1. The minimum atomic E-state index is -3.92. The second-order valence-electron chi connectivity index (χ2n) is 4.96. The van der Waals surface area contributed by atoms with Crippen molar-refractivity contribution in [3.63, 3.8) is 0 Å². The molecule has 0 fully saturated rings. The molecule has 9 heteroatoms. The van der Waals surface area contributed by atoms with Crippen LogP contribution < -0.4 is 5.56 Å². The number of sulfonamides is 1. The number of thiophene rings is 1. The summed E-state index contributed by atoms with van der Waals surface area (Å²) in [6.45, 7) is -0.309. The van der Waals surface area contributed by atoms with Crippen LogP contribution in [0.2, 0.25) is 0 Å². The van der Waals surface area contributed by atoms with Crippen LogP contribution in [-0.4, -0.2) is 28.6 Å². The second kappa shape index (κ2) is 4.74. The maximum atomic E-state index is 12.5. The lowest BCUT2D eigenvalue weighted by Gasteiger charge is -2.14. The number of nitrogens with zero attached hydrogens (tertiary/aromatic N) is 2. The molecule has 1 aromatic carbocycles. The minimum absolute atomic E-state index is 0.0241. The van der Waals surface area contributed by atoms with Crippen molar-refractivity contribution in [1.29, 1.82) is 0 Å². The maximum absolute atomic E-state index is 12.5. The highest BCUT2D eigenvalue weighted by Gasteiger charge is 2.41. The van der Waals surface area contributed by atoms with Gasteiger partial charge in [-0.05, 0) is 23.6 Å². The zero-order valence-corrected chi connectivity index (χ0v) is 13.1. The number of carbonyl (C=O) groups is 1. The van der Waals surface area contributed by atoms with Crippen LogP contribution in [0.3, 0.4) is 0 Å². The smallest absolute Gasteiger partial charge is 0.269 e. The lowest BCUT2D eigenvalue weighted by Crippen LogP contribution is -2.31. The molecule has 116 valence electrons. The van der Waals surface area contributed by atoms with Gasteiger partial charge in [-0.3, -0.25) is 9.59 Å². The number of fused-ring (bicyclic) bond motifs is 2. The Balaban J connectivity index is 1.80. The Hall–Kier alpha value is -2.52. The molecule has 0 unspecified atom stereocenters. The average molecular weight is 347 g/mol. The third kappa shape index (κ3) is 2.01. The van der Waals surface area contributed by atoms with Gasteiger partial charge in [-0.25, -0.2) is 17.7 Å². The third-order valence-corrected chi connectivity index (χ3v) is 6.26. The number of nitrogens with one attached hydrogen (secondary N) is 1. The predicted molar refractivity (Wildman–Crippen MR) is 83.7 cm³/mol. The van der Waals surface area contributed by atoms with E-state index in [4.69, 9.17) is 0 Å². The molecule has 0 saturated carbocycles. The summed E-state index contributed by atoms with van der Waals surface area (Å²) in [4.78, 5) is 31.0. The summed E-state index contributed by atoms with van der Waals surface area (Å²) in [6.07, 6.45) is 0. The highest BCUT2D eigenvalue weighted by Crippen LogP contribution is 2.30. The Labute approximate surface area is 134 Å². The van der Waals surface area contributed by atoms with Crippen LogP contribution in [0.1, 0.15) is 16.2 Å². The number of aromatic amines is 1. The molecule has 2 aromatic heterocycles. The molecule has 3 heterocycles. The quantitative estimate of drug-likeness (QED) is 0.754. The van der Waals surface area contributed by atoms with E-state index in [0.717, 1.165) is 4.31 Å². The molecule has 1 aliphatic heterocycles. The predicted octanol–water partition coefficient (Wildman–Crippen LogP) is 1.33. The molecule has 0 radical (unpaired) electrons. The van der Waals surface area contributed by atoms with Gasteiger partial charge in [-0.1, -0.05) is 12.1 Å². The average Bonchev–Trinajstić information content (AvgIpc) is 3.06. The first kappa shape index (κ1) is 14.1. The van der Waals surface area contributed by atoms with Crippen LogP contribution in [0.5, 0.6) is 0 Å². The molecule has 7 nitrogen and oxygen atoms in total. The molecular weight excluding hydrogens is 338 g/mol. The van der Waals surface area contributed by atoms with Gasteiger partial charge in [-0.2, -0.15) is 0 Å². The number of hydrogen-bond acceptors (Lipinski definition) is 6. The van der Waals surface area contributed by atoms with E-state index in [1.165, 1.54) is 23.5 Å². The van der Waals surface area contributed by atoms with Crippen LogP contribution in [0.15, 0.2) is 45.4 Å². The number of H-pyrrole nitrogens is 1. The normalized spacial score (nSPS) is 16.0. The number of aromatic nitrogens is 2. The van der Waals surface area contributed by atoms with Gasteiger partial charge < -0.3 is 4.98 Å². The van der Waals surface area contributed by atoms with Crippen LogP contribution in [0.4, 0.5) is 0 Å². The van der Waals surface area contributed by atoms with E-state index < -0.39 is 15.9 Å². The fourth-order valence-electron chi connectivity index (χ4n) is 2.52. The van der Waals surface area contributed by atoms with Gasteiger partial charge >= 0.3 is 0 Å². The SMILES string of the molecule is O=C1c2ccccc2S(=O)(=O)N1Cc1nc2ccsc2c(=O)[nH]1. The van der Waals surface area contributed by atoms with Gasteiger partial charge in [0.15, 0.2) is 0 Å². The molecule has 0 aliphatic carbocycles. The number of rotatable bonds is 2. The van der Waals surface area contributed by atoms with E-state index in [0.29, 0.717) is 10.2 Å². The van der Waals surface area contributed by atoms with Crippen molar-refractivity contribution in [2.24, 2.45) is 0 Å². The first-order chi connectivity index (χ1) is 11.0. The molecule has 1 aliphatic rings. The second-order valence-corrected chi connectivity index (χ2v) is 7.71. The van der Waals surface area contributed by atoms with Crippen molar-refractivity contribution in [3.8, 4) is 0 Å². The Morgan fingerprint density at radius 3 is 2.74 bits per heavy atom. The largest absolute Gasteiger partial charge is 0.308 e. The van der Waals surface area contributed by atoms with E-state index >= 15 is 0 Å². The first-order valence-electron chi connectivity index (χ1n) is 6.61. The van der Waals surface area contributed by atoms with Gasteiger partial charge in [0.2, 0.25) is 0 Å². The topological polar surface area (TPSA) is 100 Å². The molecule has 0 bridgehead atoms. The summed E-state index contributed by atoms with van der Waals surface area (Å²) in [5.41, 5.74) is 0.267. The molecule has 23 heavy (non-hydrogen) atoms. The van der Waals surface area contributed by atoms with Crippen molar-refractivity contribution in [1.82, 2.24) is 14.3 Å². The van der Waals surface area contributed by atoms with E-state index in [1.807, 2.05) is 0 Å².